The zero-order chi connectivity index (χ0) is 15.7. The molecule has 0 aliphatic carbocycles. The highest BCUT2D eigenvalue weighted by Gasteiger charge is 2.33. The molecule has 1 atom stereocenters. The van der Waals surface area contributed by atoms with Crippen molar-refractivity contribution in [2.75, 3.05) is 13.2 Å². The van der Waals surface area contributed by atoms with E-state index in [1.54, 1.807) is 13.8 Å². The zero-order valence-corrected chi connectivity index (χ0v) is 11.7. The summed E-state index contributed by atoms with van der Waals surface area (Å²) in [6, 6.07) is 4.29. The number of halogens is 3. The largest absolute Gasteiger partial charge is 0.416 e. The molecular formula is C14H16F3NO3. The van der Waals surface area contributed by atoms with Gasteiger partial charge in [0.1, 0.15) is 6.10 Å². The topological polar surface area (TPSA) is 47.6 Å². The van der Waals surface area contributed by atoms with E-state index in [4.69, 9.17) is 9.47 Å². The van der Waals surface area contributed by atoms with Crippen LogP contribution in [0, 0.1) is 0 Å². The lowest BCUT2D eigenvalue weighted by atomic mass is 10.1. The van der Waals surface area contributed by atoms with Gasteiger partial charge in [0.05, 0.1) is 12.2 Å². The van der Waals surface area contributed by atoms with Crippen molar-refractivity contribution in [3.8, 4) is 0 Å². The van der Waals surface area contributed by atoms with Crippen molar-refractivity contribution < 1.29 is 27.4 Å². The zero-order valence-electron chi connectivity index (χ0n) is 11.7. The number of carbonyl (C=O) groups excluding carboxylic acids is 1. The summed E-state index contributed by atoms with van der Waals surface area (Å²) in [6.45, 7) is 4.01. The van der Waals surface area contributed by atoms with Crippen LogP contribution in [0.15, 0.2) is 24.3 Å². The van der Waals surface area contributed by atoms with Crippen molar-refractivity contribution in [1.82, 2.24) is 5.32 Å². The lowest BCUT2D eigenvalue weighted by molar-refractivity contribution is -0.138. The monoisotopic (exact) mass is 303 g/mol. The molecule has 1 N–H and O–H groups in total. The fraction of sp³-hybridized carbons (Fsp3) is 0.500. The van der Waals surface area contributed by atoms with Crippen molar-refractivity contribution >= 4 is 5.91 Å². The molecule has 1 saturated heterocycles. The lowest BCUT2D eigenvalue weighted by Gasteiger charge is -2.17. The molecule has 0 radical (unpaired) electrons. The third-order valence-electron chi connectivity index (χ3n) is 3.01. The predicted octanol–water partition coefficient (Wildman–Crippen LogP) is 2.59. The van der Waals surface area contributed by atoms with Crippen LogP contribution in [0.2, 0.25) is 0 Å². The first kappa shape index (κ1) is 15.8. The van der Waals surface area contributed by atoms with E-state index in [0.29, 0.717) is 6.61 Å². The first-order valence-electron chi connectivity index (χ1n) is 6.45. The van der Waals surface area contributed by atoms with Gasteiger partial charge in [-0.15, -0.1) is 0 Å². The summed E-state index contributed by atoms with van der Waals surface area (Å²) in [7, 11) is 0. The predicted molar refractivity (Wildman–Crippen MR) is 68.7 cm³/mol. The molecule has 21 heavy (non-hydrogen) atoms. The molecule has 1 unspecified atom stereocenters. The second-order valence-electron chi connectivity index (χ2n) is 5.24. The van der Waals surface area contributed by atoms with Crippen molar-refractivity contribution in [3.05, 3.63) is 35.4 Å². The Morgan fingerprint density at radius 2 is 2.14 bits per heavy atom. The summed E-state index contributed by atoms with van der Waals surface area (Å²) in [6.07, 6.45) is -4.78. The van der Waals surface area contributed by atoms with Crippen molar-refractivity contribution in [3.63, 3.8) is 0 Å². The molecule has 1 aromatic carbocycles. The van der Waals surface area contributed by atoms with Crippen LogP contribution in [0.1, 0.15) is 29.8 Å². The molecule has 1 aliphatic rings. The van der Waals surface area contributed by atoms with E-state index in [2.05, 4.69) is 5.32 Å². The highest BCUT2D eigenvalue weighted by atomic mass is 19.4. The Morgan fingerprint density at radius 1 is 1.43 bits per heavy atom. The maximum absolute atomic E-state index is 12.6. The lowest BCUT2D eigenvalue weighted by Crippen LogP contribution is -2.34. The van der Waals surface area contributed by atoms with Crippen LogP contribution < -0.4 is 5.32 Å². The Kier molecular flexibility index (Phi) is 4.25. The minimum Gasteiger partial charge on any atom is -0.349 e. The van der Waals surface area contributed by atoms with E-state index < -0.39 is 23.4 Å². The van der Waals surface area contributed by atoms with E-state index in [-0.39, 0.29) is 18.2 Å². The van der Waals surface area contributed by atoms with Crippen LogP contribution in [0.25, 0.3) is 0 Å². The molecule has 0 bridgehead atoms. The summed E-state index contributed by atoms with van der Waals surface area (Å²) in [4.78, 5) is 11.9. The Hall–Kier alpha value is -1.60. The van der Waals surface area contributed by atoms with Gasteiger partial charge in [-0.1, -0.05) is 6.07 Å². The van der Waals surface area contributed by atoms with E-state index in [9.17, 15) is 18.0 Å². The van der Waals surface area contributed by atoms with Gasteiger partial charge in [0.25, 0.3) is 5.91 Å². The van der Waals surface area contributed by atoms with Crippen LogP contribution in [0.3, 0.4) is 0 Å². The standard InChI is InChI=1S/C14H16F3NO3/c1-13(2)20-8-11(21-13)7-18-12(19)9-4-3-5-10(6-9)14(15,16)17/h3-6,11H,7-8H2,1-2H3,(H,18,19). The fourth-order valence-electron chi connectivity index (χ4n) is 2.01. The van der Waals surface area contributed by atoms with E-state index in [1.807, 2.05) is 0 Å². The van der Waals surface area contributed by atoms with Crippen LogP contribution in [-0.4, -0.2) is 30.9 Å². The maximum Gasteiger partial charge on any atom is 0.416 e. The van der Waals surface area contributed by atoms with Crippen molar-refractivity contribution in [1.29, 1.82) is 0 Å². The van der Waals surface area contributed by atoms with Gasteiger partial charge in [0.15, 0.2) is 5.79 Å². The molecule has 4 nitrogen and oxygen atoms in total. The molecule has 1 fully saturated rings. The average molecular weight is 303 g/mol. The van der Waals surface area contributed by atoms with Gasteiger partial charge in [-0.25, -0.2) is 0 Å². The van der Waals surface area contributed by atoms with Gasteiger partial charge in [-0.2, -0.15) is 13.2 Å². The van der Waals surface area contributed by atoms with E-state index in [1.165, 1.54) is 12.1 Å². The van der Waals surface area contributed by atoms with Gasteiger partial charge in [0.2, 0.25) is 0 Å². The quantitative estimate of drug-likeness (QED) is 0.933. The van der Waals surface area contributed by atoms with E-state index in [0.717, 1.165) is 12.1 Å². The summed E-state index contributed by atoms with van der Waals surface area (Å²) >= 11 is 0. The minimum absolute atomic E-state index is 0.0389. The average Bonchev–Trinajstić information content (AvgIpc) is 2.75. The molecular weight excluding hydrogens is 287 g/mol. The van der Waals surface area contributed by atoms with Crippen molar-refractivity contribution in [2.24, 2.45) is 0 Å². The maximum atomic E-state index is 12.6. The molecule has 116 valence electrons. The van der Waals surface area contributed by atoms with Gasteiger partial charge < -0.3 is 14.8 Å². The number of hydrogen-bond donors (Lipinski definition) is 1. The van der Waals surface area contributed by atoms with Crippen LogP contribution in [0.4, 0.5) is 13.2 Å². The number of nitrogens with one attached hydrogen (secondary N) is 1. The number of alkyl halides is 3. The third-order valence-corrected chi connectivity index (χ3v) is 3.01. The van der Waals surface area contributed by atoms with Crippen LogP contribution in [0.5, 0.6) is 0 Å². The highest BCUT2D eigenvalue weighted by Crippen LogP contribution is 2.29. The Labute approximate surface area is 120 Å². The molecule has 7 heteroatoms. The summed E-state index contributed by atoms with van der Waals surface area (Å²) in [5, 5.41) is 2.55. The smallest absolute Gasteiger partial charge is 0.349 e. The van der Waals surface area contributed by atoms with Crippen molar-refractivity contribution in [2.45, 2.75) is 31.9 Å². The number of benzene rings is 1. The second kappa shape index (κ2) is 5.65. The Balaban J connectivity index is 1.95. The number of amides is 1. The van der Waals surface area contributed by atoms with Gasteiger partial charge in [-0.3, -0.25) is 4.79 Å². The minimum atomic E-state index is -4.47. The molecule has 1 aromatic rings. The van der Waals surface area contributed by atoms with Gasteiger partial charge >= 0.3 is 6.18 Å². The molecule has 1 heterocycles. The molecule has 0 saturated carbocycles. The normalized spacial score (nSPS) is 21.3. The second-order valence-corrected chi connectivity index (χ2v) is 5.24. The molecule has 1 aliphatic heterocycles. The Morgan fingerprint density at radius 3 is 2.71 bits per heavy atom. The van der Waals surface area contributed by atoms with Crippen LogP contribution in [-0.2, 0) is 15.7 Å². The summed E-state index contributed by atoms with van der Waals surface area (Å²) in [5.74, 6) is -1.28. The first-order chi connectivity index (χ1) is 9.67. The SMILES string of the molecule is CC1(C)OCC(CNC(=O)c2cccc(C(F)(F)F)c2)O1. The van der Waals surface area contributed by atoms with Gasteiger partial charge in [-0.05, 0) is 32.0 Å². The molecule has 1 amide bonds. The fourth-order valence-corrected chi connectivity index (χ4v) is 2.01. The number of rotatable bonds is 3. The van der Waals surface area contributed by atoms with Gasteiger partial charge in [0, 0.05) is 12.1 Å². The first-order valence-corrected chi connectivity index (χ1v) is 6.45. The summed E-state index contributed by atoms with van der Waals surface area (Å²) < 4.78 is 48.6. The summed E-state index contributed by atoms with van der Waals surface area (Å²) in [5.41, 5.74) is -0.889. The highest BCUT2D eigenvalue weighted by molar-refractivity contribution is 5.94. The molecule has 2 rings (SSSR count). The Bertz CT molecular complexity index is 528. The third kappa shape index (κ3) is 4.18. The molecule has 0 aromatic heterocycles. The number of carbonyl (C=O) groups is 1. The van der Waals surface area contributed by atoms with Crippen LogP contribution >= 0.6 is 0 Å². The van der Waals surface area contributed by atoms with E-state index >= 15 is 0 Å². The molecule has 0 spiro atoms. The number of ether oxygens (including phenoxy) is 2. The number of hydrogen-bond acceptors (Lipinski definition) is 3.